The number of rotatable bonds is 4. The van der Waals surface area contributed by atoms with Crippen LogP contribution in [0.25, 0.3) is 0 Å². The lowest BCUT2D eigenvalue weighted by Crippen LogP contribution is -2.11. The number of pyridine rings is 1. The first kappa shape index (κ1) is 11.5. The molecule has 1 unspecified atom stereocenters. The highest BCUT2D eigenvalue weighted by molar-refractivity contribution is 9.10. The smallest absolute Gasteiger partial charge is 0.213 e. The summed E-state index contributed by atoms with van der Waals surface area (Å²) in [5, 5.41) is 0. The third-order valence-corrected chi connectivity index (χ3v) is 2.87. The molecule has 0 spiro atoms. The van der Waals surface area contributed by atoms with E-state index in [2.05, 4.69) is 34.8 Å². The average Bonchev–Trinajstić information content (AvgIpc) is 2.12. The van der Waals surface area contributed by atoms with E-state index in [1.165, 1.54) is 0 Å². The van der Waals surface area contributed by atoms with E-state index >= 15 is 0 Å². The summed E-state index contributed by atoms with van der Waals surface area (Å²) < 4.78 is 6.68. The van der Waals surface area contributed by atoms with Gasteiger partial charge in [-0.2, -0.15) is 0 Å². The number of ether oxygens (including phenoxy) is 1. The summed E-state index contributed by atoms with van der Waals surface area (Å²) in [6.45, 7) is 6.26. The summed E-state index contributed by atoms with van der Waals surface area (Å²) in [5.74, 6) is 0.714. The fraction of sp³-hybridized carbons (Fsp3) is 0.545. The van der Waals surface area contributed by atoms with E-state index in [0.717, 1.165) is 22.9 Å². The summed E-state index contributed by atoms with van der Waals surface area (Å²) >= 11 is 3.41. The Morgan fingerprint density at radius 2 is 2.29 bits per heavy atom. The van der Waals surface area contributed by atoms with E-state index in [9.17, 15) is 0 Å². The Bertz CT molecular complexity index is 301. The Labute approximate surface area is 93.8 Å². The lowest BCUT2D eigenvalue weighted by atomic mass is 10.2. The third kappa shape index (κ3) is 3.29. The van der Waals surface area contributed by atoms with Crippen LogP contribution < -0.4 is 4.74 Å². The van der Waals surface area contributed by atoms with Gasteiger partial charge in [0.05, 0.1) is 6.10 Å². The molecule has 0 N–H and O–H groups in total. The fourth-order valence-corrected chi connectivity index (χ4v) is 1.47. The Kier molecular flexibility index (Phi) is 4.39. The quantitative estimate of drug-likeness (QED) is 0.821. The maximum Gasteiger partial charge on any atom is 0.213 e. The topological polar surface area (TPSA) is 22.1 Å². The van der Waals surface area contributed by atoms with Gasteiger partial charge < -0.3 is 4.74 Å². The van der Waals surface area contributed by atoms with Crippen molar-refractivity contribution in [2.45, 2.75) is 39.7 Å². The van der Waals surface area contributed by atoms with Gasteiger partial charge in [-0.1, -0.05) is 13.3 Å². The minimum Gasteiger partial charge on any atom is -0.475 e. The van der Waals surface area contributed by atoms with E-state index < -0.39 is 0 Å². The van der Waals surface area contributed by atoms with Crippen molar-refractivity contribution in [3.05, 3.63) is 22.3 Å². The van der Waals surface area contributed by atoms with Gasteiger partial charge in [-0.25, -0.2) is 4.98 Å². The number of halogens is 1. The standard InChI is InChI=1S/C11H16BrNO/c1-4-5-9(3)14-11-6-8(2)10(12)7-13-11/h6-7,9H,4-5H2,1-3H3. The van der Waals surface area contributed by atoms with Crippen molar-refractivity contribution in [2.75, 3.05) is 0 Å². The van der Waals surface area contributed by atoms with Crippen molar-refractivity contribution in [1.82, 2.24) is 4.98 Å². The highest BCUT2D eigenvalue weighted by Crippen LogP contribution is 2.19. The maximum atomic E-state index is 5.66. The molecule has 0 aliphatic carbocycles. The van der Waals surface area contributed by atoms with Gasteiger partial charge in [0.1, 0.15) is 0 Å². The molecule has 0 radical (unpaired) electrons. The van der Waals surface area contributed by atoms with Gasteiger partial charge in [-0.15, -0.1) is 0 Å². The Morgan fingerprint density at radius 3 is 2.86 bits per heavy atom. The molecule has 0 saturated heterocycles. The molecule has 0 aliphatic heterocycles. The first-order valence-corrected chi connectivity index (χ1v) is 5.71. The zero-order valence-electron chi connectivity index (χ0n) is 8.88. The summed E-state index contributed by atoms with van der Waals surface area (Å²) in [7, 11) is 0. The van der Waals surface area contributed by atoms with Gasteiger partial charge in [0.2, 0.25) is 5.88 Å². The van der Waals surface area contributed by atoms with Crippen LogP contribution in [0.3, 0.4) is 0 Å². The van der Waals surface area contributed by atoms with Crippen LogP contribution in [-0.2, 0) is 0 Å². The van der Waals surface area contributed by atoms with Crippen molar-refractivity contribution in [3.63, 3.8) is 0 Å². The lowest BCUT2D eigenvalue weighted by molar-refractivity contribution is 0.201. The number of hydrogen-bond donors (Lipinski definition) is 0. The second-order valence-electron chi connectivity index (χ2n) is 3.49. The number of nitrogens with zero attached hydrogens (tertiary/aromatic N) is 1. The monoisotopic (exact) mass is 257 g/mol. The van der Waals surface area contributed by atoms with Crippen LogP contribution in [0, 0.1) is 6.92 Å². The second-order valence-corrected chi connectivity index (χ2v) is 4.34. The van der Waals surface area contributed by atoms with Crippen LogP contribution in [-0.4, -0.2) is 11.1 Å². The Balaban J connectivity index is 2.63. The van der Waals surface area contributed by atoms with Crippen LogP contribution in [0.1, 0.15) is 32.3 Å². The normalized spacial score (nSPS) is 12.6. The maximum absolute atomic E-state index is 5.66. The number of hydrogen-bond acceptors (Lipinski definition) is 2. The van der Waals surface area contributed by atoms with Gasteiger partial charge in [-0.3, -0.25) is 0 Å². The highest BCUT2D eigenvalue weighted by atomic mass is 79.9. The molecule has 1 rings (SSSR count). The van der Waals surface area contributed by atoms with Crippen LogP contribution >= 0.6 is 15.9 Å². The molecular formula is C11H16BrNO. The van der Waals surface area contributed by atoms with Gasteiger partial charge in [0.25, 0.3) is 0 Å². The van der Waals surface area contributed by atoms with Gasteiger partial charge in [0, 0.05) is 16.7 Å². The molecule has 0 aliphatic rings. The van der Waals surface area contributed by atoms with Crippen LogP contribution in [0.2, 0.25) is 0 Å². The molecule has 1 atom stereocenters. The minimum absolute atomic E-state index is 0.244. The van der Waals surface area contributed by atoms with Crippen LogP contribution in [0.5, 0.6) is 5.88 Å². The highest BCUT2D eigenvalue weighted by Gasteiger charge is 2.04. The lowest BCUT2D eigenvalue weighted by Gasteiger charge is -2.13. The van der Waals surface area contributed by atoms with Crippen LogP contribution in [0.15, 0.2) is 16.7 Å². The first-order chi connectivity index (χ1) is 6.63. The summed E-state index contributed by atoms with van der Waals surface area (Å²) in [6, 6.07) is 1.95. The summed E-state index contributed by atoms with van der Waals surface area (Å²) in [5.41, 5.74) is 1.15. The van der Waals surface area contributed by atoms with Crippen molar-refractivity contribution in [1.29, 1.82) is 0 Å². The van der Waals surface area contributed by atoms with E-state index in [0.29, 0.717) is 5.88 Å². The molecule has 1 aromatic rings. The summed E-state index contributed by atoms with van der Waals surface area (Å²) in [6.07, 6.45) is 4.23. The molecule has 14 heavy (non-hydrogen) atoms. The molecule has 1 heterocycles. The zero-order chi connectivity index (χ0) is 10.6. The average molecular weight is 258 g/mol. The molecule has 2 nitrogen and oxygen atoms in total. The molecule has 78 valence electrons. The van der Waals surface area contributed by atoms with Gasteiger partial charge in [-0.05, 0) is 41.8 Å². The third-order valence-electron chi connectivity index (χ3n) is 2.04. The number of aryl methyl sites for hydroxylation is 1. The molecule has 0 saturated carbocycles. The van der Waals surface area contributed by atoms with Crippen molar-refractivity contribution in [2.24, 2.45) is 0 Å². The molecule has 0 amide bonds. The molecule has 1 aromatic heterocycles. The van der Waals surface area contributed by atoms with Crippen LogP contribution in [0.4, 0.5) is 0 Å². The SMILES string of the molecule is CCCC(C)Oc1cc(C)c(Br)cn1. The van der Waals surface area contributed by atoms with Crippen molar-refractivity contribution >= 4 is 15.9 Å². The Morgan fingerprint density at radius 1 is 1.57 bits per heavy atom. The first-order valence-electron chi connectivity index (χ1n) is 4.92. The van der Waals surface area contributed by atoms with Gasteiger partial charge >= 0.3 is 0 Å². The molecule has 0 bridgehead atoms. The molecule has 3 heteroatoms. The van der Waals surface area contributed by atoms with Crippen molar-refractivity contribution in [3.8, 4) is 5.88 Å². The van der Waals surface area contributed by atoms with E-state index in [-0.39, 0.29) is 6.10 Å². The minimum atomic E-state index is 0.244. The number of aromatic nitrogens is 1. The Hall–Kier alpha value is -0.570. The molecule has 0 fully saturated rings. The zero-order valence-corrected chi connectivity index (χ0v) is 10.5. The van der Waals surface area contributed by atoms with E-state index in [4.69, 9.17) is 4.74 Å². The molecular weight excluding hydrogens is 242 g/mol. The fourth-order valence-electron chi connectivity index (χ4n) is 1.25. The predicted molar refractivity (Wildman–Crippen MR) is 61.7 cm³/mol. The van der Waals surface area contributed by atoms with E-state index in [1.807, 2.05) is 13.0 Å². The second kappa shape index (κ2) is 5.35. The predicted octanol–water partition coefficient (Wildman–Crippen LogP) is 3.72. The molecule has 0 aromatic carbocycles. The summed E-state index contributed by atoms with van der Waals surface area (Å²) in [4.78, 5) is 4.19. The van der Waals surface area contributed by atoms with E-state index in [1.54, 1.807) is 6.20 Å². The largest absolute Gasteiger partial charge is 0.475 e. The van der Waals surface area contributed by atoms with Crippen molar-refractivity contribution < 1.29 is 4.74 Å². The van der Waals surface area contributed by atoms with Gasteiger partial charge in [0.15, 0.2) is 0 Å².